The SMILES string of the molecule is CNCc1c(C)nc(-c2ccccc2Br)nc1C. The van der Waals surface area contributed by atoms with E-state index in [1.807, 2.05) is 45.2 Å². The van der Waals surface area contributed by atoms with Gasteiger partial charge in [0.15, 0.2) is 5.82 Å². The van der Waals surface area contributed by atoms with E-state index in [0.29, 0.717) is 0 Å². The molecule has 1 N–H and O–H groups in total. The van der Waals surface area contributed by atoms with Crippen LogP contribution in [0.1, 0.15) is 17.0 Å². The van der Waals surface area contributed by atoms with E-state index in [2.05, 4.69) is 31.2 Å². The third-order valence-corrected chi connectivity index (χ3v) is 3.58. The van der Waals surface area contributed by atoms with E-state index in [0.717, 1.165) is 33.8 Å². The molecule has 2 rings (SSSR count). The number of nitrogens with one attached hydrogen (secondary N) is 1. The molecule has 0 saturated carbocycles. The third-order valence-electron chi connectivity index (χ3n) is 2.89. The number of halogens is 1. The average molecular weight is 306 g/mol. The summed E-state index contributed by atoms with van der Waals surface area (Å²) in [6.07, 6.45) is 0. The Morgan fingerprint density at radius 3 is 2.28 bits per heavy atom. The molecular formula is C14H16BrN3. The van der Waals surface area contributed by atoms with Gasteiger partial charge in [-0.2, -0.15) is 0 Å². The number of benzene rings is 1. The number of aryl methyl sites for hydroxylation is 2. The quantitative estimate of drug-likeness (QED) is 0.946. The van der Waals surface area contributed by atoms with Crippen molar-refractivity contribution in [3.8, 4) is 11.4 Å². The predicted octanol–water partition coefficient (Wildman–Crippen LogP) is 3.24. The van der Waals surface area contributed by atoms with E-state index in [4.69, 9.17) is 0 Å². The van der Waals surface area contributed by atoms with Crippen LogP contribution in [0.2, 0.25) is 0 Å². The van der Waals surface area contributed by atoms with Gasteiger partial charge in [0.05, 0.1) is 0 Å². The van der Waals surface area contributed by atoms with Crippen LogP contribution in [-0.4, -0.2) is 17.0 Å². The number of aromatic nitrogens is 2. The molecule has 0 aliphatic heterocycles. The fourth-order valence-electron chi connectivity index (χ4n) is 1.94. The van der Waals surface area contributed by atoms with Crippen molar-refractivity contribution in [2.45, 2.75) is 20.4 Å². The lowest BCUT2D eigenvalue weighted by Crippen LogP contribution is -2.11. The first-order valence-corrected chi connectivity index (χ1v) is 6.66. The molecule has 18 heavy (non-hydrogen) atoms. The number of hydrogen-bond donors (Lipinski definition) is 1. The molecule has 0 radical (unpaired) electrons. The Kier molecular flexibility index (Phi) is 4.09. The lowest BCUT2D eigenvalue weighted by atomic mass is 10.1. The predicted molar refractivity (Wildman–Crippen MR) is 77.4 cm³/mol. The van der Waals surface area contributed by atoms with Crippen LogP contribution < -0.4 is 5.32 Å². The van der Waals surface area contributed by atoms with E-state index in [1.165, 1.54) is 5.56 Å². The second-order valence-corrected chi connectivity index (χ2v) is 5.06. The van der Waals surface area contributed by atoms with Gasteiger partial charge in [-0.3, -0.25) is 0 Å². The summed E-state index contributed by atoms with van der Waals surface area (Å²) in [4.78, 5) is 9.21. The van der Waals surface area contributed by atoms with Crippen LogP contribution in [0, 0.1) is 13.8 Å². The Balaban J connectivity index is 2.52. The summed E-state index contributed by atoms with van der Waals surface area (Å²) < 4.78 is 1.02. The smallest absolute Gasteiger partial charge is 0.160 e. The summed E-state index contributed by atoms with van der Waals surface area (Å²) in [5.74, 6) is 0.775. The zero-order valence-electron chi connectivity index (χ0n) is 10.8. The van der Waals surface area contributed by atoms with Crippen LogP contribution in [0.25, 0.3) is 11.4 Å². The first-order valence-electron chi connectivity index (χ1n) is 5.87. The second kappa shape index (κ2) is 5.59. The van der Waals surface area contributed by atoms with Crippen LogP contribution in [0.15, 0.2) is 28.7 Å². The zero-order valence-corrected chi connectivity index (χ0v) is 12.4. The molecule has 0 aliphatic carbocycles. The highest BCUT2D eigenvalue weighted by atomic mass is 79.9. The molecule has 1 aromatic carbocycles. The first kappa shape index (κ1) is 13.2. The minimum Gasteiger partial charge on any atom is -0.316 e. The van der Waals surface area contributed by atoms with E-state index in [-0.39, 0.29) is 0 Å². The average Bonchev–Trinajstić information content (AvgIpc) is 2.34. The van der Waals surface area contributed by atoms with Crippen molar-refractivity contribution in [1.82, 2.24) is 15.3 Å². The van der Waals surface area contributed by atoms with Crippen LogP contribution in [0.5, 0.6) is 0 Å². The molecule has 94 valence electrons. The summed E-state index contributed by atoms with van der Waals surface area (Å²) in [7, 11) is 1.93. The molecule has 4 heteroatoms. The Bertz CT molecular complexity index is 544. The Morgan fingerprint density at radius 2 is 1.72 bits per heavy atom. The fourth-order valence-corrected chi connectivity index (χ4v) is 2.40. The topological polar surface area (TPSA) is 37.8 Å². The minimum absolute atomic E-state index is 0.775. The molecule has 2 aromatic rings. The van der Waals surface area contributed by atoms with Crippen molar-refractivity contribution in [3.63, 3.8) is 0 Å². The van der Waals surface area contributed by atoms with Crippen molar-refractivity contribution in [1.29, 1.82) is 0 Å². The summed E-state index contributed by atoms with van der Waals surface area (Å²) >= 11 is 3.54. The maximum absolute atomic E-state index is 4.60. The van der Waals surface area contributed by atoms with Gasteiger partial charge in [-0.1, -0.05) is 34.1 Å². The molecule has 1 aromatic heterocycles. The highest BCUT2D eigenvalue weighted by molar-refractivity contribution is 9.10. The van der Waals surface area contributed by atoms with Gasteiger partial charge >= 0.3 is 0 Å². The molecule has 0 fully saturated rings. The number of hydrogen-bond acceptors (Lipinski definition) is 3. The van der Waals surface area contributed by atoms with E-state index >= 15 is 0 Å². The van der Waals surface area contributed by atoms with Gasteiger partial charge in [0.2, 0.25) is 0 Å². The zero-order chi connectivity index (χ0) is 13.1. The summed E-state index contributed by atoms with van der Waals surface area (Å²) in [6.45, 7) is 4.86. The third kappa shape index (κ3) is 2.60. The molecule has 0 bridgehead atoms. The van der Waals surface area contributed by atoms with Crippen LogP contribution in [0.3, 0.4) is 0 Å². The normalized spacial score (nSPS) is 10.7. The Hall–Kier alpha value is -1.26. The molecule has 0 aliphatic rings. The van der Waals surface area contributed by atoms with Gasteiger partial charge in [-0.25, -0.2) is 9.97 Å². The number of rotatable bonds is 3. The van der Waals surface area contributed by atoms with Crippen LogP contribution in [-0.2, 0) is 6.54 Å². The van der Waals surface area contributed by atoms with Crippen molar-refractivity contribution in [2.75, 3.05) is 7.05 Å². The maximum Gasteiger partial charge on any atom is 0.160 e. The molecule has 3 nitrogen and oxygen atoms in total. The summed E-state index contributed by atoms with van der Waals surface area (Å²) in [6, 6.07) is 8.01. The Labute approximate surface area is 116 Å². The largest absolute Gasteiger partial charge is 0.316 e. The summed E-state index contributed by atoms with van der Waals surface area (Å²) in [5.41, 5.74) is 4.26. The lowest BCUT2D eigenvalue weighted by molar-refractivity contribution is 0.787. The number of nitrogens with zero attached hydrogens (tertiary/aromatic N) is 2. The maximum atomic E-state index is 4.60. The molecule has 0 amide bonds. The Morgan fingerprint density at radius 1 is 1.11 bits per heavy atom. The minimum atomic E-state index is 0.775. The molecule has 0 unspecified atom stereocenters. The standard InChI is InChI=1S/C14H16BrN3/c1-9-12(8-16-3)10(2)18-14(17-9)11-6-4-5-7-13(11)15/h4-7,16H,8H2,1-3H3. The van der Waals surface area contributed by atoms with E-state index in [9.17, 15) is 0 Å². The van der Waals surface area contributed by atoms with Crippen molar-refractivity contribution in [3.05, 3.63) is 45.7 Å². The molecular weight excluding hydrogens is 290 g/mol. The van der Waals surface area contributed by atoms with Gasteiger partial charge in [0.25, 0.3) is 0 Å². The van der Waals surface area contributed by atoms with Crippen LogP contribution >= 0.6 is 15.9 Å². The first-order chi connectivity index (χ1) is 8.63. The molecule has 1 heterocycles. The van der Waals surface area contributed by atoms with Crippen molar-refractivity contribution in [2.24, 2.45) is 0 Å². The molecule has 0 saturated heterocycles. The van der Waals surface area contributed by atoms with E-state index in [1.54, 1.807) is 0 Å². The van der Waals surface area contributed by atoms with Crippen molar-refractivity contribution < 1.29 is 0 Å². The molecule has 0 spiro atoms. The lowest BCUT2D eigenvalue weighted by Gasteiger charge is -2.11. The highest BCUT2D eigenvalue weighted by Crippen LogP contribution is 2.26. The fraction of sp³-hybridized carbons (Fsp3) is 0.286. The monoisotopic (exact) mass is 305 g/mol. The second-order valence-electron chi connectivity index (χ2n) is 4.21. The van der Waals surface area contributed by atoms with Gasteiger partial charge in [0.1, 0.15) is 0 Å². The van der Waals surface area contributed by atoms with Gasteiger partial charge in [0, 0.05) is 33.5 Å². The van der Waals surface area contributed by atoms with Crippen molar-refractivity contribution >= 4 is 15.9 Å². The highest BCUT2D eigenvalue weighted by Gasteiger charge is 2.11. The van der Waals surface area contributed by atoms with Gasteiger partial charge in [-0.05, 0) is 27.0 Å². The van der Waals surface area contributed by atoms with Gasteiger partial charge in [-0.15, -0.1) is 0 Å². The summed E-state index contributed by atoms with van der Waals surface area (Å²) in [5, 5.41) is 3.15. The molecule has 0 atom stereocenters. The van der Waals surface area contributed by atoms with Crippen LogP contribution in [0.4, 0.5) is 0 Å². The van der Waals surface area contributed by atoms with E-state index < -0.39 is 0 Å². The van der Waals surface area contributed by atoms with Gasteiger partial charge < -0.3 is 5.32 Å².